The predicted octanol–water partition coefficient (Wildman–Crippen LogP) is 4.21. The van der Waals surface area contributed by atoms with Gasteiger partial charge in [-0.05, 0) is 40.2 Å². The standard InChI is InChI=1S/C15H13BrN2O/c1-19-10-12-4-2-3-5-14(12)18-15-7-6-11(9-17)8-13(15)16/h2-8,18H,10H2,1H3. The Morgan fingerprint density at radius 2 is 2.00 bits per heavy atom. The third kappa shape index (κ3) is 3.34. The molecule has 0 aliphatic rings. The van der Waals surface area contributed by atoms with Crippen LogP contribution in [-0.4, -0.2) is 7.11 Å². The fraction of sp³-hybridized carbons (Fsp3) is 0.133. The maximum atomic E-state index is 8.85. The number of rotatable bonds is 4. The van der Waals surface area contributed by atoms with E-state index in [4.69, 9.17) is 10.00 Å². The van der Waals surface area contributed by atoms with Crippen LogP contribution in [0, 0.1) is 11.3 Å². The molecule has 0 atom stereocenters. The highest BCUT2D eigenvalue weighted by Crippen LogP contribution is 2.28. The van der Waals surface area contributed by atoms with Crippen molar-refractivity contribution in [1.82, 2.24) is 0 Å². The van der Waals surface area contributed by atoms with E-state index in [9.17, 15) is 0 Å². The van der Waals surface area contributed by atoms with Crippen molar-refractivity contribution in [3.63, 3.8) is 0 Å². The van der Waals surface area contributed by atoms with Crippen LogP contribution in [0.2, 0.25) is 0 Å². The van der Waals surface area contributed by atoms with Crippen LogP contribution in [0.5, 0.6) is 0 Å². The molecule has 2 aromatic carbocycles. The van der Waals surface area contributed by atoms with E-state index in [1.165, 1.54) is 0 Å². The summed E-state index contributed by atoms with van der Waals surface area (Å²) < 4.78 is 6.04. The first-order valence-corrected chi connectivity index (χ1v) is 6.57. The summed E-state index contributed by atoms with van der Waals surface area (Å²) in [6, 6.07) is 15.5. The zero-order valence-corrected chi connectivity index (χ0v) is 12.1. The second-order valence-electron chi connectivity index (χ2n) is 4.02. The molecule has 0 saturated heterocycles. The van der Waals surface area contributed by atoms with Crippen molar-refractivity contribution < 1.29 is 4.74 Å². The maximum Gasteiger partial charge on any atom is 0.0992 e. The Morgan fingerprint density at radius 1 is 1.21 bits per heavy atom. The Morgan fingerprint density at radius 3 is 2.68 bits per heavy atom. The molecule has 0 unspecified atom stereocenters. The molecule has 0 fully saturated rings. The minimum Gasteiger partial charge on any atom is -0.380 e. The number of nitrogens with one attached hydrogen (secondary N) is 1. The van der Waals surface area contributed by atoms with Gasteiger partial charge in [-0.25, -0.2) is 0 Å². The number of nitriles is 1. The number of halogens is 1. The number of benzene rings is 2. The van der Waals surface area contributed by atoms with Crippen molar-refractivity contribution in [1.29, 1.82) is 5.26 Å². The van der Waals surface area contributed by atoms with E-state index in [1.807, 2.05) is 30.3 Å². The zero-order chi connectivity index (χ0) is 13.7. The summed E-state index contributed by atoms with van der Waals surface area (Å²) >= 11 is 3.46. The normalized spacial score (nSPS) is 9.95. The minimum atomic E-state index is 0.553. The molecule has 0 aliphatic heterocycles. The molecular formula is C15H13BrN2O. The number of hydrogen-bond acceptors (Lipinski definition) is 3. The van der Waals surface area contributed by atoms with Crippen LogP contribution >= 0.6 is 15.9 Å². The second kappa shape index (κ2) is 6.37. The molecule has 4 heteroatoms. The molecular weight excluding hydrogens is 304 g/mol. The van der Waals surface area contributed by atoms with E-state index in [0.717, 1.165) is 21.4 Å². The van der Waals surface area contributed by atoms with Gasteiger partial charge in [0, 0.05) is 22.8 Å². The summed E-state index contributed by atoms with van der Waals surface area (Å²) in [5.41, 5.74) is 3.63. The van der Waals surface area contributed by atoms with Crippen LogP contribution in [0.15, 0.2) is 46.9 Å². The third-order valence-electron chi connectivity index (χ3n) is 2.68. The van der Waals surface area contributed by atoms with E-state index in [2.05, 4.69) is 27.3 Å². The number of ether oxygens (including phenoxy) is 1. The summed E-state index contributed by atoms with van der Waals surface area (Å²) in [5.74, 6) is 0. The molecule has 0 aromatic heterocycles. The first-order chi connectivity index (χ1) is 9.24. The smallest absolute Gasteiger partial charge is 0.0992 e. The van der Waals surface area contributed by atoms with Crippen molar-refractivity contribution in [2.24, 2.45) is 0 Å². The molecule has 0 saturated carbocycles. The van der Waals surface area contributed by atoms with Crippen LogP contribution < -0.4 is 5.32 Å². The van der Waals surface area contributed by atoms with Gasteiger partial charge in [0.05, 0.1) is 23.9 Å². The summed E-state index contributed by atoms with van der Waals surface area (Å²) in [6.45, 7) is 0.553. The molecule has 0 heterocycles. The highest BCUT2D eigenvalue weighted by Gasteiger charge is 2.05. The van der Waals surface area contributed by atoms with E-state index >= 15 is 0 Å². The molecule has 0 aliphatic carbocycles. The Bertz CT molecular complexity index is 620. The van der Waals surface area contributed by atoms with Crippen molar-refractivity contribution >= 4 is 27.3 Å². The summed E-state index contributed by atoms with van der Waals surface area (Å²) in [6.07, 6.45) is 0. The molecule has 0 amide bonds. The van der Waals surface area contributed by atoms with E-state index in [1.54, 1.807) is 19.2 Å². The monoisotopic (exact) mass is 316 g/mol. The van der Waals surface area contributed by atoms with Crippen LogP contribution in [0.4, 0.5) is 11.4 Å². The van der Waals surface area contributed by atoms with Gasteiger partial charge >= 0.3 is 0 Å². The lowest BCUT2D eigenvalue weighted by atomic mass is 10.1. The summed E-state index contributed by atoms with van der Waals surface area (Å²) in [4.78, 5) is 0. The lowest BCUT2D eigenvalue weighted by molar-refractivity contribution is 0.185. The number of anilines is 2. The molecule has 0 spiro atoms. The lowest BCUT2D eigenvalue weighted by Crippen LogP contribution is -1.98. The molecule has 1 N–H and O–H groups in total. The number of para-hydroxylation sites is 1. The molecule has 0 bridgehead atoms. The molecule has 19 heavy (non-hydrogen) atoms. The molecule has 3 nitrogen and oxygen atoms in total. The van der Waals surface area contributed by atoms with Gasteiger partial charge < -0.3 is 10.1 Å². The summed E-state index contributed by atoms with van der Waals surface area (Å²) in [5, 5.41) is 12.2. The quantitative estimate of drug-likeness (QED) is 0.919. The lowest BCUT2D eigenvalue weighted by Gasteiger charge is -2.13. The number of nitrogens with zero attached hydrogens (tertiary/aromatic N) is 1. The fourth-order valence-electron chi connectivity index (χ4n) is 1.75. The van der Waals surface area contributed by atoms with Gasteiger partial charge in [-0.15, -0.1) is 0 Å². The van der Waals surface area contributed by atoms with Gasteiger partial charge in [0.2, 0.25) is 0 Å². The number of methoxy groups -OCH3 is 1. The van der Waals surface area contributed by atoms with E-state index in [-0.39, 0.29) is 0 Å². The van der Waals surface area contributed by atoms with Crippen LogP contribution in [0.3, 0.4) is 0 Å². The highest BCUT2D eigenvalue weighted by atomic mass is 79.9. The van der Waals surface area contributed by atoms with Gasteiger partial charge in [-0.3, -0.25) is 0 Å². The zero-order valence-electron chi connectivity index (χ0n) is 10.5. The molecule has 2 rings (SSSR count). The van der Waals surface area contributed by atoms with Crippen molar-refractivity contribution in [3.05, 3.63) is 58.1 Å². The van der Waals surface area contributed by atoms with Gasteiger partial charge in [-0.1, -0.05) is 18.2 Å². The first kappa shape index (κ1) is 13.6. The SMILES string of the molecule is COCc1ccccc1Nc1ccc(C#N)cc1Br. The average molecular weight is 317 g/mol. The van der Waals surface area contributed by atoms with Crippen LogP contribution in [0.25, 0.3) is 0 Å². The fourth-order valence-corrected chi connectivity index (χ4v) is 2.23. The van der Waals surface area contributed by atoms with Gasteiger partial charge in [0.1, 0.15) is 0 Å². The second-order valence-corrected chi connectivity index (χ2v) is 4.88. The third-order valence-corrected chi connectivity index (χ3v) is 3.34. The van der Waals surface area contributed by atoms with Crippen molar-refractivity contribution in [2.75, 3.05) is 12.4 Å². The predicted molar refractivity (Wildman–Crippen MR) is 79.3 cm³/mol. The topological polar surface area (TPSA) is 45.0 Å². The van der Waals surface area contributed by atoms with Crippen molar-refractivity contribution in [3.8, 4) is 6.07 Å². The molecule has 0 radical (unpaired) electrons. The van der Waals surface area contributed by atoms with E-state index in [0.29, 0.717) is 12.2 Å². The van der Waals surface area contributed by atoms with E-state index < -0.39 is 0 Å². The maximum absolute atomic E-state index is 8.85. The Balaban J connectivity index is 2.29. The van der Waals surface area contributed by atoms with Crippen LogP contribution in [-0.2, 0) is 11.3 Å². The molecule has 2 aromatic rings. The summed E-state index contributed by atoms with van der Waals surface area (Å²) in [7, 11) is 1.68. The molecule has 96 valence electrons. The van der Waals surface area contributed by atoms with Gasteiger partial charge in [-0.2, -0.15) is 5.26 Å². The average Bonchev–Trinajstić information content (AvgIpc) is 2.43. The number of hydrogen-bond donors (Lipinski definition) is 1. The van der Waals surface area contributed by atoms with Gasteiger partial charge in [0.25, 0.3) is 0 Å². The van der Waals surface area contributed by atoms with Gasteiger partial charge in [0.15, 0.2) is 0 Å². The minimum absolute atomic E-state index is 0.553. The largest absolute Gasteiger partial charge is 0.380 e. The van der Waals surface area contributed by atoms with Crippen molar-refractivity contribution in [2.45, 2.75) is 6.61 Å². The Labute approximate surface area is 121 Å². The highest BCUT2D eigenvalue weighted by molar-refractivity contribution is 9.10. The first-order valence-electron chi connectivity index (χ1n) is 5.78. The Hall–Kier alpha value is -1.83. The van der Waals surface area contributed by atoms with Crippen LogP contribution in [0.1, 0.15) is 11.1 Å². The Kier molecular flexibility index (Phi) is 4.56.